The highest BCUT2D eigenvalue weighted by Gasteiger charge is 2.35. The second-order valence-corrected chi connectivity index (χ2v) is 8.58. The third kappa shape index (κ3) is 3.09. The molecule has 0 spiro atoms. The molecule has 1 aliphatic heterocycles. The molecule has 1 atom stereocenters. The SMILES string of the molecule is Cc1cc(-c2c(C)ccc3ccccc23)[n+](C)c(N2C=CN(C(C)C)[C@H]2C)c1C. The summed E-state index contributed by atoms with van der Waals surface area (Å²) >= 11 is 0. The molecule has 0 aliphatic carbocycles. The Hall–Kier alpha value is -2.81. The van der Waals surface area contributed by atoms with Gasteiger partial charge in [-0.1, -0.05) is 36.4 Å². The minimum absolute atomic E-state index is 0.295. The summed E-state index contributed by atoms with van der Waals surface area (Å²) in [6.45, 7) is 13.5. The second kappa shape index (κ2) is 7.22. The van der Waals surface area contributed by atoms with E-state index in [9.17, 15) is 0 Å². The largest absolute Gasteiger partial charge is 0.334 e. The van der Waals surface area contributed by atoms with E-state index >= 15 is 0 Å². The number of fused-ring (bicyclic) bond motifs is 1. The summed E-state index contributed by atoms with van der Waals surface area (Å²) in [5.41, 5.74) is 6.55. The predicted octanol–water partition coefficient (Wildman–Crippen LogP) is 5.60. The Morgan fingerprint density at radius 1 is 0.931 bits per heavy atom. The number of nitrogens with zero attached hydrogens (tertiary/aromatic N) is 3. The summed E-state index contributed by atoms with van der Waals surface area (Å²) < 4.78 is 2.38. The summed E-state index contributed by atoms with van der Waals surface area (Å²) in [7, 11) is 2.21. The predicted molar refractivity (Wildman–Crippen MR) is 123 cm³/mol. The van der Waals surface area contributed by atoms with Crippen molar-refractivity contribution < 1.29 is 4.57 Å². The van der Waals surface area contributed by atoms with Crippen molar-refractivity contribution in [3.63, 3.8) is 0 Å². The molecule has 0 amide bonds. The molecule has 0 saturated heterocycles. The van der Waals surface area contributed by atoms with Crippen LogP contribution < -0.4 is 9.47 Å². The summed E-state index contributed by atoms with van der Waals surface area (Å²) in [5, 5.41) is 2.60. The molecule has 150 valence electrons. The Balaban J connectivity index is 1.96. The quantitative estimate of drug-likeness (QED) is 0.542. The molecule has 4 rings (SSSR count). The van der Waals surface area contributed by atoms with E-state index < -0.39 is 0 Å². The van der Waals surface area contributed by atoms with Gasteiger partial charge >= 0.3 is 0 Å². The fourth-order valence-corrected chi connectivity index (χ4v) is 4.67. The molecular weight excluding hydrogens is 354 g/mol. The molecule has 1 aromatic heterocycles. The molecule has 0 saturated carbocycles. The summed E-state index contributed by atoms with van der Waals surface area (Å²) in [5.74, 6) is 1.26. The van der Waals surface area contributed by atoms with Gasteiger partial charge in [0.25, 0.3) is 5.82 Å². The van der Waals surface area contributed by atoms with Crippen LogP contribution >= 0.6 is 0 Å². The maximum atomic E-state index is 2.41. The van der Waals surface area contributed by atoms with Gasteiger partial charge in [0.2, 0.25) is 0 Å². The van der Waals surface area contributed by atoms with Crippen LogP contribution in [0.2, 0.25) is 0 Å². The zero-order valence-electron chi connectivity index (χ0n) is 18.7. The van der Waals surface area contributed by atoms with E-state index in [1.807, 2.05) is 0 Å². The zero-order chi connectivity index (χ0) is 20.9. The number of hydrogen-bond acceptors (Lipinski definition) is 2. The highest BCUT2D eigenvalue weighted by atomic mass is 15.4. The number of hydrogen-bond donors (Lipinski definition) is 0. The van der Waals surface area contributed by atoms with Crippen LogP contribution in [0.3, 0.4) is 0 Å². The average Bonchev–Trinajstić information content (AvgIpc) is 3.07. The van der Waals surface area contributed by atoms with Gasteiger partial charge in [0.15, 0.2) is 6.17 Å². The van der Waals surface area contributed by atoms with Crippen molar-refractivity contribution in [1.82, 2.24) is 4.90 Å². The highest BCUT2D eigenvalue weighted by Crippen LogP contribution is 2.34. The molecule has 0 unspecified atom stereocenters. The van der Waals surface area contributed by atoms with E-state index in [1.165, 1.54) is 44.5 Å². The van der Waals surface area contributed by atoms with Crippen LogP contribution in [0.25, 0.3) is 22.0 Å². The topological polar surface area (TPSA) is 10.4 Å². The first-order chi connectivity index (χ1) is 13.8. The van der Waals surface area contributed by atoms with E-state index in [4.69, 9.17) is 0 Å². The standard InChI is InChI=1S/C26H32N3/c1-17(2)28-14-15-29(21(28)6)26-20(5)19(4)16-24(27(26)7)25-18(3)12-13-22-10-8-9-11-23(22)25/h8-17,21H,1-7H3/q+1/t21-/m1/s1. The third-order valence-corrected chi connectivity index (χ3v) is 6.43. The first-order valence-electron chi connectivity index (χ1n) is 10.5. The summed E-state index contributed by atoms with van der Waals surface area (Å²) in [6, 6.07) is 16.0. The fourth-order valence-electron chi connectivity index (χ4n) is 4.67. The highest BCUT2D eigenvalue weighted by molar-refractivity contribution is 5.97. The maximum Gasteiger partial charge on any atom is 0.286 e. The van der Waals surface area contributed by atoms with Gasteiger partial charge < -0.3 is 4.90 Å². The van der Waals surface area contributed by atoms with E-state index in [0.29, 0.717) is 12.2 Å². The van der Waals surface area contributed by atoms with E-state index in [-0.39, 0.29) is 0 Å². The summed E-state index contributed by atoms with van der Waals surface area (Å²) in [4.78, 5) is 4.82. The van der Waals surface area contributed by atoms with E-state index in [2.05, 4.69) is 118 Å². The Morgan fingerprint density at radius 2 is 1.66 bits per heavy atom. The molecule has 0 fully saturated rings. The van der Waals surface area contributed by atoms with Crippen molar-refractivity contribution in [3.05, 3.63) is 71.6 Å². The van der Waals surface area contributed by atoms with Crippen molar-refractivity contribution in [3.8, 4) is 11.3 Å². The van der Waals surface area contributed by atoms with Crippen molar-refractivity contribution in [2.24, 2.45) is 7.05 Å². The van der Waals surface area contributed by atoms with Gasteiger partial charge in [-0.3, -0.25) is 0 Å². The zero-order valence-corrected chi connectivity index (χ0v) is 18.7. The molecule has 3 heteroatoms. The van der Waals surface area contributed by atoms with Gasteiger partial charge in [-0.2, -0.15) is 0 Å². The lowest BCUT2D eigenvalue weighted by Crippen LogP contribution is -2.46. The molecule has 3 aromatic rings. The Morgan fingerprint density at radius 3 is 2.34 bits per heavy atom. The molecule has 2 heterocycles. The summed E-state index contributed by atoms with van der Waals surface area (Å²) in [6.07, 6.45) is 4.75. The number of pyridine rings is 1. The van der Waals surface area contributed by atoms with Crippen LogP contribution in [0.4, 0.5) is 5.82 Å². The lowest BCUT2D eigenvalue weighted by molar-refractivity contribution is -0.647. The fraction of sp³-hybridized carbons (Fsp3) is 0.346. The van der Waals surface area contributed by atoms with E-state index in [0.717, 1.165) is 0 Å². The smallest absolute Gasteiger partial charge is 0.286 e. The number of aryl methyl sites for hydroxylation is 2. The minimum Gasteiger partial charge on any atom is -0.334 e. The maximum absolute atomic E-state index is 2.41. The first kappa shape index (κ1) is 19.5. The van der Waals surface area contributed by atoms with Crippen LogP contribution in [-0.2, 0) is 7.05 Å². The van der Waals surface area contributed by atoms with Gasteiger partial charge in [-0.25, -0.2) is 9.47 Å². The van der Waals surface area contributed by atoms with Gasteiger partial charge in [0.05, 0.1) is 7.05 Å². The van der Waals surface area contributed by atoms with Crippen LogP contribution in [0.1, 0.15) is 37.5 Å². The van der Waals surface area contributed by atoms with E-state index in [1.54, 1.807) is 0 Å². The number of anilines is 1. The first-order valence-corrected chi connectivity index (χ1v) is 10.5. The van der Waals surface area contributed by atoms with Gasteiger partial charge in [-0.05, 0) is 69.5 Å². The van der Waals surface area contributed by atoms with Gasteiger partial charge in [-0.15, -0.1) is 0 Å². The average molecular weight is 387 g/mol. The van der Waals surface area contributed by atoms with Crippen molar-refractivity contribution in [2.45, 2.75) is 53.8 Å². The molecule has 3 nitrogen and oxygen atoms in total. The number of rotatable bonds is 3. The molecule has 1 aliphatic rings. The molecule has 0 bridgehead atoms. The Kier molecular flexibility index (Phi) is 4.85. The Labute approximate surface area is 174 Å². The third-order valence-electron chi connectivity index (χ3n) is 6.43. The van der Waals surface area contributed by atoms with Crippen LogP contribution in [0.15, 0.2) is 54.9 Å². The van der Waals surface area contributed by atoms with Crippen molar-refractivity contribution in [2.75, 3.05) is 4.90 Å². The second-order valence-electron chi connectivity index (χ2n) is 8.58. The van der Waals surface area contributed by atoms with Crippen molar-refractivity contribution in [1.29, 1.82) is 0 Å². The Bertz CT molecular complexity index is 1110. The van der Waals surface area contributed by atoms with Crippen LogP contribution in [0.5, 0.6) is 0 Å². The molecule has 2 aromatic carbocycles. The monoisotopic (exact) mass is 386 g/mol. The van der Waals surface area contributed by atoms with Crippen LogP contribution in [-0.4, -0.2) is 17.1 Å². The minimum atomic E-state index is 0.295. The molecule has 29 heavy (non-hydrogen) atoms. The lowest BCUT2D eigenvalue weighted by Gasteiger charge is -2.29. The molecule has 0 radical (unpaired) electrons. The number of aromatic nitrogens is 1. The molecule has 0 N–H and O–H groups in total. The van der Waals surface area contributed by atoms with Crippen LogP contribution in [0, 0.1) is 20.8 Å². The van der Waals surface area contributed by atoms with Gasteiger partial charge in [0.1, 0.15) is 11.9 Å². The normalized spacial score (nSPS) is 16.5. The van der Waals surface area contributed by atoms with Gasteiger partial charge in [0, 0.05) is 23.4 Å². The lowest BCUT2D eigenvalue weighted by atomic mass is 9.95. The number of benzene rings is 2. The van der Waals surface area contributed by atoms with Crippen molar-refractivity contribution >= 4 is 16.6 Å². The molecular formula is C26H32N3+.